The van der Waals surface area contributed by atoms with Crippen molar-refractivity contribution >= 4 is 17.8 Å². The first-order chi connectivity index (χ1) is 10.2. The number of carbonyl (C=O) groups excluding carboxylic acids is 1. The number of rotatable bonds is 3. The normalized spacial score (nSPS) is 24.4. The molecule has 0 aliphatic heterocycles. The van der Waals surface area contributed by atoms with Gasteiger partial charge in [-0.1, -0.05) is 38.1 Å². The van der Waals surface area contributed by atoms with E-state index in [0.29, 0.717) is 11.1 Å². The van der Waals surface area contributed by atoms with Crippen molar-refractivity contribution in [2.24, 2.45) is 5.41 Å². The fourth-order valence-corrected chi connectivity index (χ4v) is 2.91. The van der Waals surface area contributed by atoms with Crippen molar-refractivity contribution in [2.45, 2.75) is 32.8 Å². The van der Waals surface area contributed by atoms with Crippen molar-refractivity contribution in [2.75, 3.05) is 0 Å². The third kappa shape index (κ3) is 2.74. The molecular formula is C18H20O4. The first-order valence-electron chi connectivity index (χ1n) is 7.13. The molecule has 1 atom stereocenters. The average Bonchev–Trinajstić information content (AvgIpc) is 2.42. The van der Waals surface area contributed by atoms with E-state index in [1.165, 1.54) is 12.1 Å². The molecule has 0 fully saturated rings. The summed E-state index contributed by atoms with van der Waals surface area (Å²) in [6.07, 6.45) is 4.90. The largest absolute Gasteiger partial charge is 0.478 e. The molecule has 0 heterocycles. The van der Waals surface area contributed by atoms with Gasteiger partial charge in [0.15, 0.2) is 5.78 Å². The smallest absolute Gasteiger partial charge is 0.336 e. The molecular weight excluding hydrogens is 280 g/mol. The Bertz CT molecular complexity index is 682. The van der Waals surface area contributed by atoms with Gasteiger partial charge in [0.1, 0.15) is 5.60 Å². The number of allylic oxidation sites excluding steroid dienone is 1. The summed E-state index contributed by atoms with van der Waals surface area (Å²) in [5.41, 5.74) is -0.681. The van der Waals surface area contributed by atoms with Gasteiger partial charge in [-0.15, -0.1) is 0 Å². The summed E-state index contributed by atoms with van der Waals surface area (Å²) in [5.74, 6) is -1.02. The fraction of sp³-hybridized carbons (Fsp3) is 0.333. The van der Waals surface area contributed by atoms with Gasteiger partial charge in [-0.3, -0.25) is 4.79 Å². The highest BCUT2D eigenvalue weighted by atomic mass is 16.4. The van der Waals surface area contributed by atoms with Crippen LogP contribution in [0.1, 0.15) is 43.1 Å². The van der Waals surface area contributed by atoms with E-state index in [0.717, 1.165) is 0 Å². The van der Waals surface area contributed by atoms with Crippen molar-refractivity contribution in [3.63, 3.8) is 0 Å². The highest BCUT2D eigenvalue weighted by molar-refractivity contribution is 5.93. The summed E-state index contributed by atoms with van der Waals surface area (Å²) < 4.78 is 0. The third-order valence-electron chi connectivity index (χ3n) is 4.32. The zero-order valence-corrected chi connectivity index (χ0v) is 13.0. The van der Waals surface area contributed by atoms with Gasteiger partial charge in [0, 0.05) is 11.8 Å². The van der Waals surface area contributed by atoms with Crippen LogP contribution in [-0.2, 0) is 4.79 Å². The monoisotopic (exact) mass is 300 g/mol. The van der Waals surface area contributed by atoms with E-state index in [1.54, 1.807) is 37.3 Å². The number of hydrogen-bond acceptors (Lipinski definition) is 3. The molecule has 0 aromatic heterocycles. The van der Waals surface area contributed by atoms with Crippen LogP contribution in [0.2, 0.25) is 0 Å². The van der Waals surface area contributed by atoms with Crippen LogP contribution >= 0.6 is 0 Å². The Kier molecular flexibility index (Phi) is 4.07. The lowest BCUT2D eigenvalue weighted by Crippen LogP contribution is -2.47. The minimum absolute atomic E-state index is 0.00786. The molecule has 2 N–H and O–H groups in total. The van der Waals surface area contributed by atoms with Gasteiger partial charge < -0.3 is 10.2 Å². The summed E-state index contributed by atoms with van der Waals surface area (Å²) in [6.45, 7) is 5.37. The molecule has 4 heteroatoms. The molecule has 1 aromatic carbocycles. The number of aliphatic hydroxyl groups is 1. The number of benzene rings is 1. The number of carbonyl (C=O) groups is 2. The van der Waals surface area contributed by atoms with E-state index in [1.807, 2.05) is 13.8 Å². The van der Waals surface area contributed by atoms with Crippen LogP contribution in [0, 0.1) is 5.41 Å². The molecule has 1 aliphatic rings. The average molecular weight is 300 g/mol. The van der Waals surface area contributed by atoms with Crippen LogP contribution in [0.15, 0.2) is 42.0 Å². The van der Waals surface area contributed by atoms with Gasteiger partial charge in [0.2, 0.25) is 0 Å². The Labute approximate surface area is 129 Å². The second-order valence-corrected chi connectivity index (χ2v) is 6.35. The van der Waals surface area contributed by atoms with Crippen molar-refractivity contribution in [1.29, 1.82) is 0 Å². The fourth-order valence-electron chi connectivity index (χ4n) is 2.91. The second-order valence-electron chi connectivity index (χ2n) is 6.35. The molecule has 0 saturated carbocycles. The summed E-state index contributed by atoms with van der Waals surface area (Å²) in [6, 6.07) is 6.60. The minimum atomic E-state index is -1.29. The van der Waals surface area contributed by atoms with E-state index in [4.69, 9.17) is 0 Å². The maximum atomic E-state index is 11.7. The van der Waals surface area contributed by atoms with Gasteiger partial charge in [0.25, 0.3) is 0 Å². The topological polar surface area (TPSA) is 74.6 Å². The molecule has 1 unspecified atom stereocenters. The van der Waals surface area contributed by atoms with Crippen molar-refractivity contribution in [3.05, 3.63) is 53.1 Å². The van der Waals surface area contributed by atoms with Crippen LogP contribution in [0.3, 0.4) is 0 Å². The third-order valence-corrected chi connectivity index (χ3v) is 4.32. The zero-order chi connectivity index (χ0) is 16.5. The Morgan fingerprint density at radius 2 is 1.91 bits per heavy atom. The van der Waals surface area contributed by atoms with Crippen LogP contribution in [-0.4, -0.2) is 27.6 Å². The van der Waals surface area contributed by atoms with Crippen molar-refractivity contribution in [3.8, 4) is 0 Å². The van der Waals surface area contributed by atoms with E-state index in [9.17, 15) is 19.8 Å². The second kappa shape index (κ2) is 5.54. The molecule has 0 radical (unpaired) electrons. The highest BCUT2D eigenvalue weighted by Gasteiger charge is 2.46. The lowest BCUT2D eigenvalue weighted by molar-refractivity contribution is -0.121. The quantitative estimate of drug-likeness (QED) is 0.899. The van der Waals surface area contributed by atoms with E-state index in [2.05, 4.69) is 0 Å². The summed E-state index contributed by atoms with van der Waals surface area (Å²) in [7, 11) is 0. The molecule has 0 amide bonds. The lowest BCUT2D eigenvalue weighted by atomic mass is 9.64. The van der Waals surface area contributed by atoms with Crippen LogP contribution in [0.25, 0.3) is 6.08 Å². The van der Waals surface area contributed by atoms with Gasteiger partial charge in [-0.05, 0) is 36.3 Å². The number of carboxylic acid groups (broad SMARTS) is 1. The number of ketones is 1. The molecule has 116 valence electrons. The lowest BCUT2D eigenvalue weighted by Gasteiger charge is -2.44. The number of carboxylic acids is 1. The molecule has 4 nitrogen and oxygen atoms in total. The maximum Gasteiger partial charge on any atom is 0.336 e. The first-order valence-corrected chi connectivity index (χ1v) is 7.13. The van der Waals surface area contributed by atoms with Crippen molar-refractivity contribution < 1.29 is 19.8 Å². The van der Waals surface area contributed by atoms with E-state index < -0.39 is 17.0 Å². The minimum Gasteiger partial charge on any atom is -0.478 e. The Balaban J connectivity index is 2.47. The SMILES string of the molecule is CC1=CC(=O)CC(C)(C)C1(O)/C=C/c1ccccc1C(=O)O. The molecule has 1 aromatic rings. The Morgan fingerprint density at radius 3 is 2.50 bits per heavy atom. The predicted molar refractivity (Wildman–Crippen MR) is 84.5 cm³/mol. The van der Waals surface area contributed by atoms with Crippen LogP contribution in [0.5, 0.6) is 0 Å². The number of hydrogen-bond donors (Lipinski definition) is 2. The Morgan fingerprint density at radius 1 is 1.27 bits per heavy atom. The van der Waals surface area contributed by atoms with Gasteiger partial charge in [0.05, 0.1) is 5.56 Å². The van der Waals surface area contributed by atoms with Gasteiger partial charge in [-0.2, -0.15) is 0 Å². The molecule has 0 bridgehead atoms. The highest BCUT2D eigenvalue weighted by Crippen LogP contribution is 2.44. The van der Waals surface area contributed by atoms with Crippen molar-refractivity contribution in [1.82, 2.24) is 0 Å². The predicted octanol–water partition coefficient (Wildman–Crippen LogP) is 3.07. The number of aromatic carboxylic acids is 1. The standard InChI is InChI=1S/C18H20O4/c1-12-10-14(19)11-17(2,3)18(12,22)9-8-13-6-4-5-7-15(13)16(20)21/h4-10,22H,11H2,1-3H3,(H,20,21)/b9-8+. The summed E-state index contributed by atoms with van der Waals surface area (Å²) >= 11 is 0. The summed E-state index contributed by atoms with van der Waals surface area (Å²) in [5, 5.41) is 20.2. The van der Waals surface area contributed by atoms with E-state index in [-0.39, 0.29) is 17.8 Å². The first kappa shape index (κ1) is 16.2. The van der Waals surface area contributed by atoms with E-state index >= 15 is 0 Å². The van der Waals surface area contributed by atoms with Gasteiger partial charge >= 0.3 is 5.97 Å². The molecule has 2 rings (SSSR count). The molecule has 1 aliphatic carbocycles. The molecule has 22 heavy (non-hydrogen) atoms. The van der Waals surface area contributed by atoms with Crippen LogP contribution < -0.4 is 0 Å². The summed E-state index contributed by atoms with van der Waals surface area (Å²) in [4.78, 5) is 22.9. The maximum absolute atomic E-state index is 11.7. The molecule has 0 spiro atoms. The van der Waals surface area contributed by atoms with Crippen LogP contribution in [0.4, 0.5) is 0 Å². The zero-order valence-electron chi connectivity index (χ0n) is 13.0. The molecule has 0 saturated heterocycles. The van der Waals surface area contributed by atoms with Gasteiger partial charge in [-0.25, -0.2) is 4.79 Å². The Hall–Kier alpha value is -2.20.